The number of rotatable bonds is 6. The van der Waals surface area contributed by atoms with Crippen LogP contribution in [0.3, 0.4) is 0 Å². The number of methoxy groups -OCH3 is 1. The summed E-state index contributed by atoms with van der Waals surface area (Å²) in [4.78, 5) is 1.79. The Morgan fingerprint density at radius 3 is 2.89 bits per heavy atom. The fraction of sp³-hybridized carbons (Fsp3) is 0.929. The molecule has 5 heteroatoms. The Balaban J connectivity index is 1.68. The third-order valence-corrected chi connectivity index (χ3v) is 5.11. The predicted octanol–water partition coefficient (Wildman–Crippen LogP) is -0.200. The zero-order valence-electron chi connectivity index (χ0n) is 12.2. The highest BCUT2D eigenvalue weighted by Gasteiger charge is 2.42. The zero-order valence-corrected chi connectivity index (χ0v) is 13.0. The van der Waals surface area contributed by atoms with Gasteiger partial charge in [-0.05, 0) is 24.6 Å². The maximum absolute atomic E-state index is 5.28. The highest BCUT2D eigenvalue weighted by Crippen LogP contribution is 2.28. The molecule has 4 atom stereocenters. The van der Waals surface area contributed by atoms with E-state index < -0.39 is 0 Å². The van der Waals surface area contributed by atoms with Crippen molar-refractivity contribution in [2.75, 3.05) is 39.9 Å². The molecule has 110 valence electrons. The molecule has 0 spiro atoms. The van der Waals surface area contributed by atoms with Gasteiger partial charge in [0.2, 0.25) is 0 Å². The Labute approximate surface area is 122 Å². The number of thiocarbonyl (C=S) groups is 1. The smallest absolute Gasteiger partial charge is 0.166 e. The van der Waals surface area contributed by atoms with E-state index in [1.54, 1.807) is 12.0 Å². The van der Waals surface area contributed by atoms with Gasteiger partial charge in [0.05, 0.1) is 26.2 Å². The first kappa shape index (κ1) is 15.0. The second kappa shape index (κ2) is 7.41. The molecule has 2 bridgehead atoms. The van der Waals surface area contributed by atoms with Crippen LogP contribution in [0.1, 0.15) is 26.2 Å². The summed E-state index contributed by atoms with van der Waals surface area (Å²) >= 11 is 5.28. The lowest BCUT2D eigenvalue weighted by molar-refractivity contribution is -0.945. The highest BCUT2D eigenvalue weighted by atomic mass is 32.1. The number of quaternary nitrogens is 1. The van der Waals surface area contributed by atoms with Gasteiger partial charge >= 0.3 is 0 Å². The maximum atomic E-state index is 5.28. The molecule has 0 aromatic carbocycles. The van der Waals surface area contributed by atoms with E-state index in [9.17, 15) is 0 Å². The van der Waals surface area contributed by atoms with Gasteiger partial charge in [0.25, 0.3) is 0 Å². The fourth-order valence-electron chi connectivity index (χ4n) is 3.68. The first-order chi connectivity index (χ1) is 9.24. The van der Waals surface area contributed by atoms with Gasteiger partial charge in [-0.3, -0.25) is 0 Å². The van der Waals surface area contributed by atoms with Crippen molar-refractivity contribution < 1.29 is 9.64 Å². The van der Waals surface area contributed by atoms with Crippen LogP contribution in [0.25, 0.3) is 0 Å². The summed E-state index contributed by atoms with van der Waals surface area (Å²) in [6.07, 6.45) is 4.16. The van der Waals surface area contributed by atoms with Crippen molar-refractivity contribution in [3.8, 4) is 0 Å². The second-order valence-electron chi connectivity index (χ2n) is 5.89. The third kappa shape index (κ3) is 4.04. The number of fused-ring (bicyclic) bond motifs is 3. The molecule has 0 radical (unpaired) electrons. The molecule has 3 fully saturated rings. The Bertz CT molecular complexity index is 300. The molecule has 3 N–H and O–H groups in total. The summed E-state index contributed by atoms with van der Waals surface area (Å²) in [7, 11) is 1.71. The number of hydrogen-bond acceptors (Lipinski definition) is 2. The summed E-state index contributed by atoms with van der Waals surface area (Å²) in [6.45, 7) is 7.57. The first-order valence-electron chi connectivity index (χ1n) is 7.59. The van der Waals surface area contributed by atoms with Crippen molar-refractivity contribution in [1.29, 1.82) is 0 Å². The molecule has 4 nitrogen and oxygen atoms in total. The minimum atomic E-state index is 0.697. The molecule has 0 saturated carbocycles. The van der Waals surface area contributed by atoms with Crippen LogP contribution in [0, 0.1) is 11.8 Å². The third-order valence-electron chi connectivity index (χ3n) is 4.82. The van der Waals surface area contributed by atoms with Gasteiger partial charge in [-0.1, -0.05) is 6.92 Å². The normalized spacial score (nSPS) is 33.2. The van der Waals surface area contributed by atoms with E-state index >= 15 is 0 Å². The Morgan fingerprint density at radius 2 is 2.26 bits per heavy atom. The topological polar surface area (TPSA) is 37.7 Å². The van der Waals surface area contributed by atoms with Gasteiger partial charge in [0.1, 0.15) is 6.04 Å². The average molecular weight is 286 g/mol. The molecule has 1 unspecified atom stereocenters. The van der Waals surface area contributed by atoms with E-state index in [0.717, 1.165) is 36.1 Å². The minimum Gasteiger partial charge on any atom is -0.383 e. The van der Waals surface area contributed by atoms with Crippen LogP contribution in [0.4, 0.5) is 0 Å². The van der Waals surface area contributed by atoms with Crippen LogP contribution in [0.15, 0.2) is 0 Å². The lowest BCUT2D eigenvalue weighted by atomic mass is 9.74. The van der Waals surface area contributed by atoms with E-state index in [2.05, 4.69) is 17.6 Å². The van der Waals surface area contributed by atoms with Crippen LogP contribution in [-0.4, -0.2) is 51.0 Å². The lowest BCUT2D eigenvalue weighted by Crippen LogP contribution is -3.20. The van der Waals surface area contributed by atoms with Crippen LogP contribution in [0.2, 0.25) is 0 Å². The number of ether oxygens (including phenoxy) is 1. The number of piperidine rings is 3. The SMILES string of the molecule is CC[C@H]1C[NH+]2CC[C@@H]1C[C@@H]2CNC(=S)NCCOC. The summed E-state index contributed by atoms with van der Waals surface area (Å²) < 4.78 is 5.00. The molecule has 3 heterocycles. The van der Waals surface area contributed by atoms with Gasteiger partial charge in [-0.2, -0.15) is 0 Å². The summed E-state index contributed by atoms with van der Waals surface area (Å²) in [6, 6.07) is 0.753. The molecular weight excluding hydrogens is 258 g/mol. The molecule has 0 amide bonds. The van der Waals surface area contributed by atoms with Gasteiger partial charge in [-0.25, -0.2) is 0 Å². The van der Waals surface area contributed by atoms with E-state index in [4.69, 9.17) is 17.0 Å². The van der Waals surface area contributed by atoms with Crippen molar-refractivity contribution in [1.82, 2.24) is 10.6 Å². The molecule has 0 aliphatic carbocycles. The van der Waals surface area contributed by atoms with E-state index in [1.165, 1.54) is 32.4 Å². The standard InChI is InChI=1S/C14H27N3OS/c1-3-11-10-17-6-4-12(11)8-13(17)9-16-14(19)15-5-7-18-2/h11-13H,3-10H2,1-2H3,(H2,15,16,19)/p+1/t11-,12+,13+/m0/s1. The van der Waals surface area contributed by atoms with Crippen molar-refractivity contribution >= 4 is 17.3 Å². The van der Waals surface area contributed by atoms with Gasteiger partial charge in [-0.15, -0.1) is 0 Å². The number of hydrogen-bond donors (Lipinski definition) is 3. The molecule has 0 aromatic heterocycles. The Hall–Kier alpha value is -0.390. The molecular formula is C14H28N3OS+. The van der Waals surface area contributed by atoms with Gasteiger partial charge in [0, 0.05) is 32.4 Å². The summed E-state index contributed by atoms with van der Waals surface area (Å²) in [5, 5.41) is 7.32. The van der Waals surface area contributed by atoms with E-state index in [1.807, 2.05) is 0 Å². The zero-order chi connectivity index (χ0) is 13.7. The first-order valence-corrected chi connectivity index (χ1v) is 8.00. The van der Waals surface area contributed by atoms with Crippen LogP contribution in [-0.2, 0) is 4.74 Å². The molecule has 3 aliphatic heterocycles. The number of nitrogens with one attached hydrogen (secondary N) is 3. The van der Waals surface area contributed by atoms with Crippen LogP contribution < -0.4 is 15.5 Å². The molecule has 3 aliphatic rings. The van der Waals surface area contributed by atoms with Crippen LogP contribution in [0.5, 0.6) is 0 Å². The predicted molar refractivity (Wildman–Crippen MR) is 81.5 cm³/mol. The van der Waals surface area contributed by atoms with E-state index in [0.29, 0.717) is 6.61 Å². The average Bonchev–Trinajstić information content (AvgIpc) is 2.46. The Kier molecular flexibility index (Phi) is 5.85. The quantitative estimate of drug-likeness (QED) is 0.467. The highest BCUT2D eigenvalue weighted by molar-refractivity contribution is 7.80. The Morgan fingerprint density at radius 1 is 1.42 bits per heavy atom. The minimum absolute atomic E-state index is 0.697. The van der Waals surface area contributed by atoms with Crippen molar-refractivity contribution in [3.63, 3.8) is 0 Å². The van der Waals surface area contributed by atoms with Gasteiger partial charge < -0.3 is 20.3 Å². The lowest BCUT2D eigenvalue weighted by Gasteiger charge is -2.46. The second-order valence-corrected chi connectivity index (χ2v) is 6.30. The monoisotopic (exact) mass is 286 g/mol. The van der Waals surface area contributed by atoms with Crippen LogP contribution >= 0.6 is 12.2 Å². The molecule has 3 rings (SSSR count). The maximum Gasteiger partial charge on any atom is 0.166 e. The van der Waals surface area contributed by atoms with Gasteiger partial charge in [0.15, 0.2) is 5.11 Å². The molecule has 0 aromatic rings. The van der Waals surface area contributed by atoms with Crippen molar-refractivity contribution in [2.45, 2.75) is 32.2 Å². The molecule has 19 heavy (non-hydrogen) atoms. The largest absolute Gasteiger partial charge is 0.383 e. The molecule has 3 saturated heterocycles. The van der Waals surface area contributed by atoms with Crippen molar-refractivity contribution in [2.24, 2.45) is 11.8 Å². The summed E-state index contributed by atoms with van der Waals surface area (Å²) in [5.41, 5.74) is 0. The van der Waals surface area contributed by atoms with Crippen molar-refractivity contribution in [3.05, 3.63) is 0 Å². The fourth-order valence-corrected chi connectivity index (χ4v) is 3.86. The van der Waals surface area contributed by atoms with E-state index in [-0.39, 0.29) is 0 Å². The summed E-state index contributed by atoms with van der Waals surface area (Å²) in [5.74, 6) is 1.93.